The standard InChI is InChI=1S/C20H24N4O4S2/c1-3-23(4-2)30(27,28)15-9-10-18(25)22(13-15)12-14-11-19(26)24-16-7-5-6-8-17(16)29-20(24)21-14/h9-11,13H,3-8,12H2,1-2H3. The van der Waals surface area contributed by atoms with Crippen molar-refractivity contribution in [2.45, 2.75) is 51.0 Å². The Morgan fingerprint density at radius 2 is 1.83 bits per heavy atom. The number of rotatable bonds is 6. The first kappa shape index (κ1) is 21.0. The van der Waals surface area contributed by atoms with E-state index in [0.717, 1.165) is 31.4 Å². The lowest BCUT2D eigenvalue weighted by Gasteiger charge is -2.19. The van der Waals surface area contributed by atoms with Crippen LogP contribution in [0.2, 0.25) is 0 Å². The smallest absolute Gasteiger partial charge is 0.259 e. The highest BCUT2D eigenvalue weighted by Gasteiger charge is 2.23. The van der Waals surface area contributed by atoms with Crippen LogP contribution in [0, 0.1) is 0 Å². The zero-order valence-electron chi connectivity index (χ0n) is 17.0. The Morgan fingerprint density at radius 1 is 1.10 bits per heavy atom. The number of aromatic nitrogens is 3. The molecule has 4 rings (SSSR count). The summed E-state index contributed by atoms with van der Waals surface area (Å²) in [6.45, 7) is 4.26. The maximum Gasteiger partial charge on any atom is 0.259 e. The summed E-state index contributed by atoms with van der Waals surface area (Å²) in [5.74, 6) is 0. The molecule has 1 aliphatic carbocycles. The molecule has 0 fully saturated rings. The highest BCUT2D eigenvalue weighted by atomic mass is 32.2. The first-order valence-electron chi connectivity index (χ1n) is 10.1. The summed E-state index contributed by atoms with van der Waals surface area (Å²) in [6, 6.07) is 4.00. The van der Waals surface area contributed by atoms with Gasteiger partial charge in [-0.25, -0.2) is 13.4 Å². The third-order valence-electron chi connectivity index (χ3n) is 5.45. The molecule has 0 spiro atoms. The van der Waals surface area contributed by atoms with E-state index in [1.807, 2.05) is 0 Å². The van der Waals surface area contributed by atoms with E-state index in [9.17, 15) is 18.0 Å². The molecule has 8 nitrogen and oxygen atoms in total. The van der Waals surface area contributed by atoms with Gasteiger partial charge in [0.05, 0.1) is 17.1 Å². The van der Waals surface area contributed by atoms with E-state index in [2.05, 4.69) is 4.98 Å². The lowest BCUT2D eigenvalue weighted by molar-refractivity contribution is 0.444. The van der Waals surface area contributed by atoms with E-state index in [1.165, 1.54) is 49.5 Å². The lowest BCUT2D eigenvalue weighted by atomic mass is 10.0. The predicted octanol–water partition coefficient (Wildman–Crippen LogP) is 1.88. The van der Waals surface area contributed by atoms with Gasteiger partial charge < -0.3 is 4.57 Å². The van der Waals surface area contributed by atoms with Gasteiger partial charge in [0.2, 0.25) is 10.0 Å². The van der Waals surface area contributed by atoms with Crippen LogP contribution in [0.5, 0.6) is 0 Å². The molecule has 10 heteroatoms. The molecule has 0 unspecified atom stereocenters. The van der Waals surface area contributed by atoms with E-state index in [-0.39, 0.29) is 22.6 Å². The Morgan fingerprint density at radius 3 is 2.57 bits per heavy atom. The Hall–Kier alpha value is -2.30. The SMILES string of the molecule is CCN(CC)S(=O)(=O)c1ccc(=O)n(Cc2cc(=O)n3c4c(sc3n2)CCCC4)c1. The van der Waals surface area contributed by atoms with Crippen LogP contribution in [0.3, 0.4) is 0 Å². The zero-order valence-corrected chi connectivity index (χ0v) is 18.6. The first-order valence-corrected chi connectivity index (χ1v) is 12.3. The van der Waals surface area contributed by atoms with Crippen LogP contribution < -0.4 is 11.1 Å². The van der Waals surface area contributed by atoms with Gasteiger partial charge in [0.1, 0.15) is 0 Å². The number of fused-ring (bicyclic) bond motifs is 3. The van der Waals surface area contributed by atoms with Crippen LogP contribution in [-0.2, 0) is 29.4 Å². The summed E-state index contributed by atoms with van der Waals surface area (Å²) in [5.41, 5.74) is 0.989. The van der Waals surface area contributed by atoms with Gasteiger partial charge in [-0.05, 0) is 31.7 Å². The molecular weight excluding hydrogens is 424 g/mol. The van der Waals surface area contributed by atoms with Crippen LogP contribution in [0.15, 0.2) is 38.9 Å². The number of pyridine rings is 1. The van der Waals surface area contributed by atoms with Crippen LogP contribution in [0.4, 0.5) is 0 Å². The molecular formula is C20H24N4O4S2. The molecule has 0 bridgehead atoms. The second-order valence-electron chi connectivity index (χ2n) is 7.30. The van der Waals surface area contributed by atoms with Crippen molar-refractivity contribution in [3.63, 3.8) is 0 Å². The number of nitrogens with zero attached hydrogens (tertiary/aromatic N) is 4. The molecule has 0 radical (unpaired) electrons. The maximum absolute atomic E-state index is 12.8. The third-order valence-corrected chi connectivity index (χ3v) is 8.62. The molecule has 0 saturated heterocycles. The Balaban J connectivity index is 1.74. The minimum absolute atomic E-state index is 0.0365. The largest absolute Gasteiger partial charge is 0.308 e. The minimum Gasteiger partial charge on any atom is -0.308 e. The number of sulfonamides is 1. The highest BCUT2D eigenvalue weighted by Crippen LogP contribution is 2.28. The number of hydrogen-bond donors (Lipinski definition) is 0. The topological polar surface area (TPSA) is 93.8 Å². The first-order chi connectivity index (χ1) is 14.3. The molecule has 0 N–H and O–H groups in total. The fraction of sp³-hybridized carbons (Fsp3) is 0.450. The highest BCUT2D eigenvalue weighted by molar-refractivity contribution is 7.89. The van der Waals surface area contributed by atoms with Gasteiger partial charge in [-0.2, -0.15) is 4.31 Å². The second-order valence-corrected chi connectivity index (χ2v) is 10.3. The van der Waals surface area contributed by atoms with Crippen LogP contribution in [-0.4, -0.2) is 39.8 Å². The summed E-state index contributed by atoms with van der Waals surface area (Å²) >= 11 is 1.52. The van der Waals surface area contributed by atoms with Gasteiger partial charge in [0.25, 0.3) is 11.1 Å². The Kier molecular flexibility index (Phi) is 5.65. The molecule has 30 heavy (non-hydrogen) atoms. The Bertz CT molecular complexity index is 1320. The van der Waals surface area contributed by atoms with Gasteiger partial charge in [0.15, 0.2) is 4.96 Å². The Labute approximate surface area is 178 Å². The van der Waals surface area contributed by atoms with E-state index in [1.54, 1.807) is 18.2 Å². The van der Waals surface area contributed by atoms with Crippen molar-refractivity contribution in [2.24, 2.45) is 0 Å². The molecule has 3 aromatic rings. The van der Waals surface area contributed by atoms with Crippen molar-refractivity contribution < 1.29 is 8.42 Å². The van der Waals surface area contributed by atoms with Crippen LogP contribution in [0.25, 0.3) is 4.96 Å². The molecule has 0 saturated carbocycles. The van der Waals surface area contributed by atoms with Crippen molar-refractivity contribution in [1.29, 1.82) is 0 Å². The van der Waals surface area contributed by atoms with E-state index >= 15 is 0 Å². The van der Waals surface area contributed by atoms with Crippen molar-refractivity contribution in [3.05, 3.63) is 61.4 Å². The summed E-state index contributed by atoms with van der Waals surface area (Å²) in [5, 5.41) is 0. The molecule has 0 aromatic carbocycles. The molecule has 0 aliphatic heterocycles. The van der Waals surface area contributed by atoms with Gasteiger partial charge >= 0.3 is 0 Å². The molecule has 3 aromatic heterocycles. The monoisotopic (exact) mass is 448 g/mol. The van der Waals surface area contributed by atoms with Gasteiger partial charge in [0, 0.05) is 42.0 Å². The van der Waals surface area contributed by atoms with E-state index in [4.69, 9.17) is 0 Å². The molecule has 1 aliphatic rings. The van der Waals surface area contributed by atoms with Gasteiger partial charge in [-0.3, -0.25) is 14.0 Å². The molecule has 0 atom stereocenters. The minimum atomic E-state index is -3.69. The maximum atomic E-state index is 12.8. The average molecular weight is 449 g/mol. The van der Waals surface area contributed by atoms with Crippen LogP contribution in [0.1, 0.15) is 43.0 Å². The van der Waals surface area contributed by atoms with E-state index in [0.29, 0.717) is 23.7 Å². The fourth-order valence-corrected chi connectivity index (χ4v) is 6.61. The van der Waals surface area contributed by atoms with E-state index < -0.39 is 10.0 Å². The molecule has 3 heterocycles. The van der Waals surface area contributed by atoms with Gasteiger partial charge in [-0.15, -0.1) is 11.3 Å². The summed E-state index contributed by atoms with van der Waals surface area (Å²) in [4.78, 5) is 31.6. The van der Waals surface area contributed by atoms with Crippen molar-refractivity contribution >= 4 is 26.3 Å². The predicted molar refractivity (Wildman–Crippen MR) is 116 cm³/mol. The lowest BCUT2D eigenvalue weighted by Crippen LogP contribution is -2.32. The molecule has 0 amide bonds. The number of hydrogen-bond acceptors (Lipinski definition) is 6. The summed E-state index contributed by atoms with van der Waals surface area (Å²) in [7, 11) is -3.69. The molecule has 160 valence electrons. The fourth-order valence-electron chi connectivity index (χ4n) is 3.90. The van der Waals surface area contributed by atoms with Crippen molar-refractivity contribution in [2.75, 3.05) is 13.1 Å². The average Bonchev–Trinajstić information content (AvgIpc) is 3.09. The normalized spacial score (nSPS) is 14.4. The van der Waals surface area contributed by atoms with Gasteiger partial charge in [-0.1, -0.05) is 13.8 Å². The second kappa shape index (κ2) is 8.09. The van der Waals surface area contributed by atoms with Crippen molar-refractivity contribution in [3.8, 4) is 0 Å². The zero-order chi connectivity index (χ0) is 21.5. The third kappa shape index (κ3) is 3.63. The van der Waals surface area contributed by atoms with Crippen molar-refractivity contribution in [1.82, 2.24) is 18.3 Å². The number of thiazole rings is 1. The summed E-state index contributed by atoms with van der Waals surface area (Å²) < 4.78 is 29.9. The number of aryl methyl sites for hydroxylation is 2. The summed E-state index contributed by atoms with van der Waals surface area (Å²) in [6.07, 6.45) is 5.35. The quantitative estimate of drug-likeness (QED) is 0.574. The van der Waals surface area contributed by atoms with Crippen LogP contribution >= 0.6 is 11.3 Å².